The van der Waals surface area contributed by atoms with E-state index in [0.717, 1.165) is 18.2 Å². The van der Waals surface area contributed by atoms with E-state index < -0.39 is 28.8 Å². The van der Waals surface area contributed by atoms with Crippen LogP contribution in [0.2, 0.25) is 0 Å². The van der Waals surface area contributed by atoms with Crippen molar-refractivity contribution in [3.63, 3.8) is 0 Å². The molecule has 2 N–H and O–H groups in total. The molecule has 0 bridgehead atoms. The molecule has 7 heteroatoms. The van der Waals surface area contributed by atoms with E-state index in [2.05, 4.69) is 4.98 Å². The summed E-state index contributed by atoms with van der Waals surface area (Å²) in [6, 6.07) is 5.45. The number of hydrogen-bond acceptors (Lipinski definition) is 2. The maximum absolute atomic E-state index is 12.6. The smallest absolute Gasteiger partial charge is 0.416 e. The van der Waals surface area contributed by atoms with Crippen LogP contribution in [0.25, 0.3) is 11.1 Å². The lowest BCUT2D eigenvalue weighted by Gasteiger charge is -2.09. The first-order chi connectivity index (χ1) is 9.29. The molecule has 1 heterocycles. The summed E-state index contributed by atoms with van der Waals surface area (Å²) >= 11 is 0. The molecular formula is C13H8F3NO3. The third-order valence-corrected chi connectivity index (χ3v) is 2.66. The van der Waals surface area contributed by atoms with Crippen molar-refractivity contribution in [2.24, 2.45) is 0 Å². The molecule has 0 atom stereocenters. The number of nitrogens with one attached hydrogen (secondary N) is 1. The van der Waals surface area contributed by atoms with Crippen molar-refractivity contribution >= 4 is 5.97 Å². The van der Waals surface area contributed by atoms with Crippen LogP contribution in [-0.2, 0) is 6.18 Å². The Hall–Kier alpha value is -2.57. The minimum Gasteiger partial charge on any atom is -0.477 e. The number of carboxylic acids is 1. The number of benzene rings is 1. The Balaban J connectivity index is 2.55. The number of halogens is 3. The molecule has 0 amide bonds. The van der Waals surface area contributed by atoms with Crippen LogP contribution in [-0.4, -0.2) is 16.1 Å². The molecule has 2 rings (SSSR count). The summed E-state index contributed by atoms with van der Waals surface area (Å²) in [5.74, 6) is -1.44. The van der Waals surface area contributed by atoms with Crippen LogP contribution in [0.15, 0.2) is 41.3 Å². The SMILES string of the molecule is O=C(O)c1cc(-c2cccc(C(F)(F)F)c2)c[nH]c1=O. The molecule has 0 spiro atoms. The Labute approximate surface area is 110 Å². The summed E-state index contributed by atoms with van der Waals surface area (Å²) in [7, 11) is 0. The first kappa shape index (κ1) is 13.9. The molecule has 0 saturated heterocycles. The number of alkyl halides is 3. The lowest BCUT2D eigenvalue weighted by molar-refractivity contribution is -0.137. The van der Waals surface area contributed by atoms with Crippen LogP contribution in [0, 0.1) is 0 Å². The van der Waals surface area contributed by atoms with Crippen LogP contribution in [0.4, 0.5) is 13.2 Å². The van der Waals surface area contributed by atoms with E-state index in [9.17, 15) is 22.8 Å². The van der Waals surface area contributed by atoms with Gasteiger partial charge in [-0.3, -0.25) is 4.79 Å². The summed E-state index contributed by atoms with van der Waals surface area (Å²) in [5.41, 5.74) is -1.84. The third-order valence-electron chi connectivity index (χ3n) is 2.66. The molecule has 0 radical (unpaired) electrons. The monoisotopic (exact) mass is 283 g/mol. The molecule has 20 heavy (non-hydrogen) atoms. The van der Waals surface area contributed by atoms with E-state index in [-0.39, 0.29) is 11.1 Å². The molecule has 104 valence electrons. The maximum atomic E-state index is 12.6. The van der Waals surface area contributed by atoms with Gasteiger partial charge in [-0.05, 0) is 29.3 Å². The van der Waals surface area contributed by atoms with E-state index in [1.165, 1.54) is 18.3 Å². The highest BCUT2D eigenvalue weighted by Gasteiger charge is 2.30. The van der Waals surface area contributed by atoms with Crippen molar-refractivity contribution in [1.29, 1.82) is 0 Å². The third kappa shape index (κ3) is 2.71. The van der Waals surface area contributed by atoms with Gasteiger partial charge in [0.2, 0.25) is 0 Å². The molecule has 2 aromatic rings. The molecular weight excluding hydrogens is 275 g/mol. The van der Waals surface area contributed by atoms with E-state index in [4.69, 9.17) is 5.11 Å². The summed E-state index contributed by atoms with van der Waals surface area (Å²) in [4.78, 5) is 24.3. The molecule has 0 aliphatic heterocycles. The number of carbonyl (C=O) groups is 1. The Morgan fingerprint density at radius 1 is 1.15 bits per heavy atom. The zero-order chi connectivity index (χ0) is 14.9. The molecule has 0 aliphatic rings. The second-order valence-electron chi connectivity index (χ2n) is 4.01. The Morgan fingerprint density at radius 3 is 2.45 bits per heavy atom. The van der Waals surface area contributed by atoms with Crippen molar-refractivity contribution in [3.8, 4) is 11.1 Å². The van der Waals surface area contributed by atoms with Crippen LogP contribution < -0.4 is 5.56 Å². The van der Waals surface area contributed by atoms with Gasteiger partial charge in [0.1, 0.15) is 5.56 Å². The highest BCUT2D eigenvalue weighted by atomic mass is 19.4. The van der Waals surface area contributed by atoms with Crippen molar-refractivity contribution in [3.05, 3.63) is 58.0 Å². The number of aromatic carboxylic acids is 1. The van der Waals surface area contributed by atoms with Crippen LogP contribution in [0.3, 0.4) is 0 Å². The number of rotatable bonds is 2. The molecule has 0 unspecified atom stereocenters. The normalized spacial score (nSPS) is 11.3. The minimum atomic E-state index is -4.49. The number of pyridine rings is 1. The number of aromatic nitrogens is 1. The zero-order valence-electron chi connectivity index (χ0n) is 9.86. The summed E-state index contributed by atoms with van der Waals surface area (Å²) in [6.07, 6.45) is -3.32. The molecule has 4 nitrogen and oxygen atoms in total. The van der Waals surface area contributed by atoms with Gasteiger partial charge in [-0.1, -0.05) is 12.1 Å². The van der Waals surface area contributed by atoms with Gasteiger partial charge in [0.15, 0.2) is 0 Å². The fourth-order valence-electron chi connectivity index (χ4n) is 1.68. The van der Waals surface area contributed by atoms with Crippen molar-refractivity contribution in [2.75, 3.05) is 0 Å². The first-order valence-corrected chi connectivity index (χ1v) is 5.42. The Morgan fingerprint density at radius 2 is 1.85 bits per heavy atom. The number of H-pyrrole nitrogens is 1. The lowest BCUT2D eigenvalue weighted by atomic mass is 10.0. The van der Waals surface area contributed by atoms with Crippen molar-refractivity contribution in [1.82, 2.24) is 4.98 Å². The fraction of sp³-hybridized carbons (Fsp3) is 0.0769. The second-order valence-corrected chi connectivity index (χ2v) is 4.01. The second kappa shape index (κ2) is 4.84. The predicted molar refractivity (Wildman–Crippen MR) is 64.5 cm³/mol. The van der Waals surface area contributed by atoms with E-state index in [1.54, 1.807) is 0 Å². The predicted octanol–water partition coefficient (Wildman–Crippen LogP) is 2.76. The van der Waals surface area contributed by atoms with Gasteiger partial charge < -0.3 is 10.1 Å². The van der Waals surface area contributed by atoms with Gasteiger partial charge >= 0.3 is 12.1 Å². The van der Waals surface area contributed by atoms with Gasteiger partial charge in [0.05, 0.1) is 5.56 Å². The van der Waals surface area contributed by atoms with Crippen molar-refractivity contribution < 1.29 is 23.1 Å². The maximum Gasteiger partial charge on any atom is 0.416 e. The highest BCUT2D eigenvalue weighted by molar-refractivity contribution is 5.88. The number of carboxylic acid groups (broad SMARTS) is 1. The van der Waals surface area contributed by atoms with Crippen LogP contribution in [0.5, 0.6) is 0 Å². The first-order valence-electron chi connectivity index (χ1n) is 5.42. The quantitative estimate of drug-likeness (QED) is 0.890. The highest BCUT2D eigenvalue weighted by Crippen LogP contribution is 2.31. The van der Waals surface area contributed by atoms with E-state index >= 15 is 0 Å². The molecule has 1 aromatic heterocycles. The lowest BCUT2D eigenvalue weighted by Crippen LogP contribution is -2.16. The van der Waals surface area contributed by atoms with Gasteiger partial charge in [-0.25, -0.2) is 4.79 Å². The van der Waals surface area contributed by atoms with Crippen LogP contribution in [0.1, 0.15) is 15.9 Å². The van der Waals surface area contributed by atoms with Gasteiger partial charge in [-0.15, -0.1) is 0 Å². The standard InChI is InChI=1S/C13H8F3NO3/c14-13(15,16)9-3-1-2-7(4-9)8-5-10(12(19)20)11(18)17-6-8/h1-6H,(H,17,18)(H,19,20). The van der Waals surface area contributed by atoms with E-state index in [0.29, 0.717) is 0 Å². The fourth-order valence-corrected chi connectivity index (χ4v) is 1.68. The van der Waals surface area contributed by atoms with Gasteiger partial charge in [0, 0.05) is 6.20 Å². The zero-order valence-corrected chi connectivity index (χ0v) is 9.86. The minimum absolute atomic E-state index is 0.165. The van der Waals surface area contributed by atoms with Crippen molar-refractivity contribution in [2.45, 2.75) is 6.18 Å². The summed E-state index contributed by atoms with van der Waals surface area (Å²) in [6.45, 7) is 0. The molecule has 1 aromatic carbocycles. The average molecular weight is 283 g/mol. The topological polar surface area (TPSA) is 70.2 Å². The number of aromatic amines is 1. The van der Waals surface area contributed by atoms with Crippen LogP contribution >= 0.6 is 0 Å². The Bertz CT molecular complexity index is 719. The molecule has 0 saturated carbocycles. The average Bonchev–Trinajstić information content (AvgIpc) is 2.38. The molecule has 0 fully saturated rings. The van der Waals surface area contributed by atoms with Gasteiger partial charge in [0.25, 0.3) is 5.56 Å². The summed E-state index contributed by atoms with van der Waals surface area (Å²) < 4.78 is 37.8. The van der Waals surface area contributed by atoms with Gasteiger partial charge in [-0.2, -0.15) is 13.2 Å². The largest absolute Gasteiger partial charge is 0.477 e. The molecule has 0 aliphatic carbocycles. The summed E-state index contributed by atoms with van der Waals surface area (Å²) in [5, 5.41) is 8.82. The number of hydrogen-bond donors (Lipinski definition) is 2. The Kier molecular flexibility index (Phi) is 3.35. The van der Waals surface area contributed by atoms with E-state index in [1.807, 2.05) is 0 Å².